The quantitative estimate of drug-likeness (QED) is 0.725. The Labute approximate surface area is 133 Å². The summed E-state index contributed by atoms with van der Waals surface area (Å²) in [6, 6.07) is 9.24. The van der Waals surface area contributed by atoms with Crippen molar-refractivity contribution in [1.29, 1.82) is 0 Å². The first-order chi connectivity index (χ1) is 10.7. The molecular weight excluding hydrogens is 264 g/mol. The highest BCUT2D eigenvalue weighted by Gasteiger charge is 2.15. The van der Waals surface area contributed by atoms with Gasteiger partial charge in [-0.05, 0) is 84.0 Å². The van der Waals surface area contributed by atoms with Gasteiger partial charge in [-0.1, -0.05) is 48.6 Å². The highest BCUT2D eigenvalue weighted by molar-refractivity contribution is 5.66. The molecule has 0 saturated carbocycles. The summed E-state index contributed by atoms with van der Waals surface area (Å²) < 4.78 is 0. The minimum atomic E-state index is 1.11. The van der Waals surface area contributed by atoms with Crippen molar-refractivity contribution < 1.29 is 0 Å². The molecule has 4 rings (SSSR count). The highest BCUT2D eigenvalue weighted by atomic mass is 14.2. The third kappa shape index (κ3) is 2.14. The fourth-order valence-electron chi connectivity index (χ4n) is 3.91. The van der Waals surface area contributed by atoms with Crippen LogP contribution in [0.25, 0.3) is 12.2 Å². The summed E-state index contributed by atoms with van der Waals surface area (Å²) >= 11 is 0. The minimum Gasteiger partial charge on any atom is -0.0795 e. The van der Waals surface area contributed by atoms with Crippen LogP contribution in [0.3, 0.4) is 0 Å². The smallest absolute Gasteiger partial charge is 0.00853 e. The van der Waals surface area contributed by atoms with Crippen molar-refractivity contribution in [1.82, 2.24) is 0 Å². The average Bonchev–Trinajstić information content (AvgIpc) is 3.18. The molecule has 110 valence electrons. The summed E-state index contributed by atoms with van der Waals surface area (Å²) in [6.45, 7) is 4.45. The number of allylic oxidation sites excluding steroid dienone is 2. The Kier molecular flexibility index (Phi) is 3.26. The van der Waals surface area contributed by atoms with Gasteiger partial charge >= 0.3 is 0 Å². The maximum absolute atomic E-state index is 2.34. The van der Waals surface area contributed by atoms with Crippen molar-refractivity contribution in [2.75, 3.05) is 0 Å². The monoisotopic (exact) mass is 286 g/mol. The van der Waals surface area contributed by atoms with Gasteiger partial charge in [0, 0.05) is 0 Å². The van der Waals surface area contributed by atoms with E-state index in [1.54, 1.807) is 5.56 Å². The molecule has 0 aromatic heterocycles. The van der Waals surface area contributed by atoms with Gasteiger partial charge in [0.05, 0.1) is 0 Å². The number of rotatable bonds is 3. The van der Waals surface area contributed by atoms with Crippen LogP contribution in [-0.4, -0.2) is 0 Å². The van der Waals surface area contributed by atoms with E-state index in [2.05, 4.69) is 62.4 Å². The summed E-state index contributed by atoms with van der Waals surface area (Å²) in [7, 11) is 0. The zero-order valence-electron chi connectivity index (χ0n) is 13.4. The number of hydrogen-bond donors (Lipinski definition) is 0. The van der Waals surface area contributed by atoms with Crippen molar-refractivity contribution in [2.45, 2.75) is 39.5 Å². The molecule has 0 N–H and O–H groups in total. The second-order valence-electron chi connectivity index (χ2n) is 6.58. The number of fused-ring (bicyclic) bond motifs is 2. The fourth-order valence-corrected chi connectivity index (χ4v) is 3.91. The Morgan fingerprint density at radius 2 is 1.32 bits per heavy atom. The Morgan fingerprint density at radius 3 is 2.18 bits per heavy atom. The lowest BCUT2D eigenvalue weighted by Crippen LogP contribution is -2.01. The lowest BCUT2D eigenvalue weighted by atomic mass is 9.91. The van der Waals surface area contributed by atoms with Crippen molar-refractivity contribution in [2.24, 2.45) is 0 Å². The predicted molar refractivity (Wildman–Crippen MR) is 95.2 cm³/mol. The number of hydrogen-bond acceptors (Lipinski definition) is 0. The van der Waals surface area contributed by atoms with Crippen LogP contribution in [0.1, 0.15) is 44.5 Å². The minimum absolute atomic E-state index is 1.11. The molecule has 2 aliphatic rings. The van der Waals surface area contributed by atoms with Gasteiger partial charge in [0.1, 0.15) is 0 Å². The van der Waals surface area contributed by atoms with E-state index >= 15 is 0 Å². The molecule has 0 bridgehead atoms. The Morgan fingerprint density at radius 1 is 0.682 bits per heavy atom. The predicted octanol–water partition coefficient (Wildman–Crippen LogP) is 5.23. The van der Waals surface area contributed by atoms with Gasteiger partial charge in [-0.15, -0.1) is 0 Å². The van der Waals surface area contributed by atoms with E-state index in [9.17, 15) is 0 Å². The second-order valence-corrected chi connectivity index (χ2v) is 6.58. The summed E-state index contributed by atoms with van der Waals surface area (Å²) in [5, 5.41) is 0. The Bertz CT molecular complexity index is 803. The lowest BCUT2D eigenvalue weighted by molar-refractivity contribution is 0.935. The molecule has 0 saturated heterocycles. The molecule has 0 aliphatic heterocycles. The fraction of sp³-hybridized carbons (Fsp3) is 0.273. The third-order valence-corrected chi connectivity index (χ3v) is 5.23. The summed E-state index contributed by atoms with van der Waals surface area (Å²) in [5.74, 6) is 0. The molecule has 22 heavy (non-hydrogen) atoms. The molecule has 2 aromatic carbocycles. The molecule has 0 unspecified atom stereocenters. The van der Waals surface area contributed by atoms with Crippen molar-refractivity contribution in [3.63, 3.8) is 0 Å². The van der Waals surface area contributed by atoms with Crippen LogP contribution in [0.4, 0.5) is 0 Å². The van der Waals surface area contributed by atoms with Gasteiger partial charge in [0.2, 0.25) is 0 Å². The van der Waals surface area contributed by atoms with E-state index in [0.717, 1.165) is 25.7 Å². The lowest BCUT2D eigenvalue weighted by Gasteiger charge is -2.13. The normalized spacial score (nSPS) is 14.5. The molecular formula is C22H22. The van der Waals surface area contributed by atoms with Gasteiger partial charge in [-0.2, -0.15) is 0 Å². The van der Waals surface area contributed by atoms with Gasteiger partial charge in [0.15, 0.2) is 0 Å². The number of benzene rings is 2. The SMILES string of the molecule is Cc1ccc(CCc2ccc(C)c3c2C=CC3)c2c1C=CC2. The molecule has 0 heterocycles. The molecule has 0 fully saturated rings. The van der Waals surface area contributed by atoms with Gasteiger partial charge < -0.3 is 0 Å². The molecule has 0 amide bonds. The van der Waals surface area contributed by atoms with E-state index < -0.39 is 0 Å². The van der Waals surface area contributed by atoms with Crippen LogP contribution in [-0.2, 0) is 25.7 Å². The third-order valence-electron chi connectivity index (χ3n) is 5.23. The first kappa shape index (κ1) is 13.6. The van der Waals surface area contributed by atoms with Crippen LogP contribution in [0.5, 0.6) is 0 Å². The largest absolute Gasteiger partial charge is 0.0795 e. The summed E-state index contributed by atoms with van der Waals surface area (Å²) in [6.07, 6.45) is 13.7. The van der Waals surface area contributed by atoms with Crippen molar-refractivity contribution in [3.8, 4) is 0 Å². The molecule has 0 heteroatoms. The van der Waals surface area contributed by atoms with E-state index in [1.165, 1.54) is 38.9 Å². The molecule has 2 aliphatic carbocycles. The Balaban J connectivity index is 1.62. The maximum Gasteiger partial charge on any atom is -0.00853 e. The van der Waals surface area contributed by atoms with E-state index in [-0.39, 0.29) is 0 Å². The first-order valence-corrected chi connectivity index (χ1v) is 8.30. The highest BCUT2D eigenvalue weighted by Crippen LogP contribution is 2.30. The molecule has 0 atom stereocenters. The Hall–Kier alpha value is -2.08. The molecule has 0 nitrogen and oxygen atoms in total. The van der Waals surface area contributed by atoms with Crippen LogP contribution in [0.15, 0.2) is 36.4 Å². The molecule has 2 aromatic rings. The van der Waals surface area contributed by atoms with Gasteiger partial charge in [-0.3, -0.25) is 0 Å². The van der Waals surface area contributed by atoms with Crippen molar-refractivity contribution in [3.05, 3.63) is 80.9 Å². The summed E-state index contributed by atoms with van der Waals surface area (Å²) in [4.78, 5) is 0. The maximum atomic E-state index is 2.34. The van der Waals surface area contributed by atoms with E-state index in [1.807, 2.05) is 0 Å². The standard InChI is InChI=1S/C22H22/c1-15-9-11-17(21-7-3-5-19(15)21)13-14-18-12-10-16(2)20-6-4-8-22(18)20/h3-5,8-12H,6-7,13-14H2,1-2H3. The first-order valence-electron chi connectivity index (χ1n) is 8.30. The van der Waals surface area contributed by atoms with E-state index in [0.29, 0.717) is 0 Å². The molecule has 0 radical (unpaired) electrons. The van der Waals surface area contributed by atoms with Gasteiger partial charge in [-0.25, -0.2) is 0 Å². The average molecular weight is 286 g/mol. The van der Waals surface area contributed by atoms with Gasteiger partial charge in [0.25, 0.3) is 0 Å². The van der Waals surface area contributed by atoms with Crippen LogP contribution in [0, 0.1) is 13.8 Å². The second kappa shape index (κ2) is 5.28. The zero-order chi connectivity index (χ0) is 15.1. The zero-order valence-corrected chi connectivity index (χ0v) is 13.4. The van der Waals surface area contributed by atoms with E-state index in [4.69, 9.17) is 0 Å². The van der Waals surface area contributed by atoms with Crippen LogP contribution in [0.2, 0.25) is 0 Å². The number of aryl methyl sites for hydroxylation is 4. The topological polar surface area (TPSA) is 0 Å². The molecule has 0 spiro atoms. The van der Waals surface area contributed by atoms with Crippen LogP contribution < -0.4 is 0 Å². The van der Waals surface area contributed by atoms with Crippen LogP contribution >= 0.6 is 0 Å². The van der Waals surface area contributed by atoms with Crippen molar-refractivity contribution >= 4 is 12.2 Å². The summed E-state index contributed by atoms with van der Waals surface area (Å²) in [5.41, 5.74) is 11.9.